The third kappa shape index (κ3) is 3.15. The van der Waals surface area contributed by atoms with E-state index in [9.17, 15) is 9.90 Å². The summed E-state index contributed by atoms with van der Waals surface area (Å²) in [6.07, 6.45) is 3.72. The molecule has 7 nitrogen and oxygen atoms in total. The number of rotatable bonds is 4. The lowest BCUT2D eigenvalue weighted by Crippen LogP contribution is -2.20. The van der Waals surface area contributed by atoms with Gasteiger partial charge < -0.3 is 20.1 Å². The van der Waals surface area contributed by atoms with Gasteiger partial charge in [0.05, 0.1) is 11.0 Å². The highest BCUT2D eigenvalue weighted by Gasteiger charge is 2.81. The number of nitrogens with zero attached hydrogens (tertiary/aromatic N) is 2. The maximum Gasteiger partial charge on any atom is 0.225 e. The molecule has 2 aliphatic carbocycles. The Morgan fingerprint density at radius 2 is 1.97 bits per heavy atom. The summed E-state index contributed by atoms with van der Waals surface area (Å²) in [5, 5.41) is 13.6. The average Bonchev–Trinajstić information content (AvgIpc) is 3.66. The number of carbonyl (C=O) groups excluding carboxylic acids is 1. The molecule has 0 radical (unpaired) electrons. The maximum atomic E-state index is 11.7. The smallest absolute Gasteiger partial charge is 0.225 e. The van der Waals surface area contributed by atoms with Gasteiger partial charge in [-0.05, 0) is 66.1 Å². The van der Waals surface area contributed by atoms with E-state index in [-0.39, 0.29) is 28.4 Å². The summed E-state index contributed by atoms with van der Waals surface area (Å²) in [4.78, 5) is 24.6. The molecule has 2 unspecified atom stereocenters. The monoisotopic (exact) mass is 480 g/mol. The molecular weight excluding hydrogens is 452 g/mol. The number of phenolic OH excluding ortho intramolecular Hbond substituents is 1. The van der Waals surface area contributed by atoms with Crippen LogP contribution in [0.4, 0.5) is 5.82 Å². The number of imidazole rings is 1. The van der Waals surface area contributed by atoms with Gasteiger partial charge in [-0.25, -0.2) is 9.97 Å². The van der Waals surface area contributed by atoms with E-state index < -0.39 is 0 Å². The van der Waals surface area contributed by atoms with Gasteiger partial charge >= 0.3 is 0 Å². The third-order valence-electron chi connectivity index (χ3n) is 8.13. The Morgan fingerprint density at radius 3 is 2.78 bits per heavy atom. The zero-order valence-corrected chi connectivity index (χ0v) is 20.6. The molecule has 2 aromatic heterocycles. The number of phenols is 1. The zero-order chi connectivity index (χ0) is 24.8. The molecule has 3 aliphatic rings. The molecule has 7 heteroatoms. The summed E-state index contributed by atoms with van der Waals surface area (Å²) >= 11 is 0. The number of amides is 1. The molecule has 3 N–H and O–H groups in total. The first kappa shape index (κ1) is 21.4. The fraction of sp³-hybridized carbons (Fsp3) is 0.345. The predicted octanol–water partition coefficient (Wildman–Crippen LogP) is 5.69. The molecule has 2 fully saturated rings. The molecule has 1 aliphatic heterocycles. The van der Waals surface area contributed by atoms with E-state index in [0.717, 1.165) is 34.4 Å². The first-order valence-corrected chi connectivity index (χ1v) is 12.5. The largest absolute Gasteiger partial charge is 0.508 e. The van der Waals surface area contributed by atoms with Gasteiger partial charge in [0.15, 0.2) is 0 Å². The number of H-pyrrole nitrogens is 1. The fourth-order valence-electron chi connectivity index (χ4n) is 5.84. The predicted molar refractivity (Wildman–Crippen MR) is 137 cm³/mol. The van der Waals surface area contributed by atoms with Crippen LogP contribution in [0, 0.1) is 5.92 Å². The van der Waals surface area contributed by atoms with Crippen LogP contribution in [0.2, 0.25) is 0 Å². The standard InChI is InChI=1S/C29H28N4O3/c1-28(2,3)15-4-7-20-21(12-15)32-27(31-20)29-14-19(29)25(29)18-13-16(5-8-22(18)34)36-23-10-11-30-26-17(23)6-9-24(35)33-26/h4-5,7-8,10-13,19,25,34H,6,9,14H2,1-3H3,(H,31,32)(H,30,33,35)/t19-,25?,29?/m1/s1. The lowest BCUT2D eigenvalue weighted by Gasteiger charge is -2.19. The molecular formula is C29H28N4O3. The quantitative estimate of drug-likeness (QED) is 0.348. The van der Waals surface area contributed by atoms with E-state index in [4.69, 9.17) is 9.72 Å². The molecule has 4 aromatic rings. The first-order chi connectivity index (χ1) is 17.2. The number of carbonyl (C=O) groups is 1. The molecule has 7 rings (SSSR count). The number of nitrogens with one attached hydrogen (secondary N) is 2. The number of hydrogen-bond acceptors (Lipinski definition) is 5. The minimum absolute atomic E-state index is 0.0301. The van der Waals surface area contributed by atoms with Crippen LogP contribution in [0.15, 0.2) is 48.7 Å². The van der Waals surface area contributed by atoms with Crippen LogP contribution < -0.4 is 10.1 Å². The second-order valence-electron chi connectivity index (χ2n) is 11.4. The van der Waals surface area contributed by atoms with E-state index >= 15 is 0 Å². The first-order valence-electron chi connectivity index (χ1n) is 12.5. The Labute approximate surface area is 208 Å². The van der Waals surface area contributed by atoms with E-state index in [1.165, 1.54) is 5.56 Å². The van der Waals surface area contributed by atoms with Crippen LogP contribution in [0.3, 0.4) is 0 Å². The Morgan fingerprint density at radius 1 is 1.11 bits per heavy atom. The van der Waals surface area contributed by atoms with Gasteiger partial charge in [-0.1, -0.05) is 26.8 Å². The minimum atomic E-state index is -0.0306. The molecule has 1 amide bonds. The van der Waals surface area contributed by atoms with E-state index in [2.05, 4.69) is 54.3 Å². The summed E-state index contributed by atoms with van der Waals surface area (Å²) in [5.74, 6) is 3.87. The van der Waals surface area contributed by atoms with Crippen molar-refractivity contribution in [2.24, 2.45) is 5.92 Å². The maximum absolute atomic E-state index is 11.7. The number of aromatic nitrogens is 3. The van der Waals surface area contributed by atoms with Gasteiger partial charge in [0, 0.05) is 35.1 Å². The fourth-order valence-corrected chi connectivity index (χ4v) is 5.84. The Bertz CT molecular complexity index is 1570. The summed E-state index contributed by atoms with van der Waals surface area (Å²) < 4.78 is 6.24. The van der Waals surface area contributed by atoms with Crippen molar-refractivity contribution in [3.8, 4) is 17.2 Å². The van der Waals surface area contributed by atoms with Crippen molar-refractivity contribution in [1.29, 1.82) is 0 Å². The number of aromatic amines is 1. The molecule has 182 valence electrons. The second-order valence-corrected chi connectivity index (χ2v) is 11.4. The van der Waals surface area contributed by atoms with Crippen LogP contribution in [-0.2, 0) is 22.0 Å². The van der Waals surface area contributed by atoms with Crippen molar-refractivity contribution in [2.75, 3.05) is 5.32 Å². The van der Waals surface area contributed by atoms with E-state index in [0.29, 0.717) is 36.1 Å². The van der Waals surface area contributed by atoms with Crippen LogP contribution in [0.25, 0.3) is 11.0 Å². The third-order valence-corrected chi connectivity index (χ3v) is 8.13. The van der Waals surface area contributed by atoms with Crippen molar-refractivity contribution in [2.45, 2.75) is 56.8 Å². The number of pyridine rings is 1. The van der Waals surface area contributed by atoms with Gasteiger partial charge in [0.2, 0.25) is 5.91 Å². The zero-order valence-electron chi connectivity index (χ0n) is 20.6. The molecule has 3 heterocycles. The van der Waals surface area contributed by atoms with Gasteiger partial charge in [-0.3, -0.25) is 4.79 Å². The Hall–Kier alpha value is -3.87. The lowest BCUT2D eigenvalue weighted by atomic mass is 9.87. The lowest BCUT2D eigenvalue weighted by molar-refractivity contribution is -0.116. The number of hydrogen-bond donors (Lipinski definition) is 3. The van der Waals surface area contributed by atoms with Crippen LogP contribution in [0.1, 0.15) is 62.0 Å². The Balaban J connectivity index is 1.18. The van der Waals surface area contributed by atoms with Crippen molar-refractivity contribution >= 4 is 22.8 Å². The van der Waals surface area contributed by atoms with E-state index in [1.807, 2.05) is 12.1 Å². The van der Waals surface area contributed by atoms with Gasteiger partial charge in [-0.15, -0.1) is 0 Å². The molecule has 0 bridgehead atoms. The summed E-state index contributed by atoms with van der Waals surface area (Å²) in [7, 11) is 0. The number of fused-ring (bicyclic) bond motifs is 3. The van der Waals surface area contributed by atoms with E-state index in [1.54, 1.807) is 18.3 Å². The second kappa shape index (κ2) is 7.09. The molecule has 0 spiro atoms. The normalized spacial score (nSPS) is 24.1. The number of benzene rings is 2. The van der Waals surface area contributed by atoms with Crippen molar-refractivity contribution in [1.82, 2.24) is 15.0 Å². The summed E-state index contributed by atoms with van der Waals surface area (Å²) in [5.41, 5.74) is 5.18. The number of ether oxygens (including phenoxy) is 1. The van der Waals surface area contributed by atoms with Crippen LogP contribution in [-0.4, -0.2) is 26.0 Å². The van der Waals surface area contributed by atoms with Crippen molar-refractivity contribution < 1.29 is 14.6 Å². The summed E-state index contributed by atoms with van der Waals surface area (Å²) in [6, 6.07) is 13.7. The topological polar surface area (TPSA) is 100 Å². The minimum Gasteiger partial charge on any atom is -0.508 e. The number of anilines is 1. The van der Waals surface area contributed by atoms with Crippen LogP contribution in [0.5, 0.6) is 17.2 Å². The van der Waals surface area contributed by atoms with Gasteiger partial charge in [0.1, 0.15) is 28.9 Å². The average molecular weight is 481 g/mol. The highest BCUT2D eigenvalue weighted by atomic mass is 16.5. The van der Waals surface area contributed by atoms with Gasteiger partial charge in [-0.2, -0.15) is 0 Å². The Kier molecular flexibility index (Phi) is 4.22. The summed E-state index contributed by atoms with van der Waals surface area (Å²) in [6.45, 7) is 6.65. The molecule has 2 saturated carbocycles. The molecule has 3 atom stereocenters. The van der Waals surface area contributed by atoms with Gasteiger partial charge in [0.25, 0.3) is 0 Å². The number of aromatic hydroxyl groups is 1. The molecule has 36 heavy (non-hydrogen) atoms. The molecule has 2 aromatic carbocycles. The SMILES string of the molecule is CC(C)(C)c1ccc2nc(C34C[C@@H]3C4c3cc(Oc4ccnc5c4CCC(=O)N5)ccc3O)[nH]c2c1. The van der Waals surface area contributed by atoms with Crippen molar-refractivity contribution in [3.05, 3.63) is 71.2 Å². The van der Waals surface area contributed by atoms with Crippen molar-refractivity contribution in [3.63, 3.8) is 0 Å². The molecule has 0 saturated heterocycles. The highest BCUT2D eigenvalue weighted by Crippen LogP contribution is 2.84. The highest BCUT2D eigenvalue weighted by molar-refractivity contribution is 5.93. The van der Waals surface area contributed by atoms with Crippen LogP contribution >= 0.6 is 0 Å².